The highest BCUT2D eigenvalue weighted by Gasteiger charge is 2.22. The van der Waals surface area contributed by atoms with E-state index in [1.54, 1.807) is 0 Å². The molecular formula is C105H69N7. The van der Waals surface area contributed by atoms with Crippen molar-refractivity contribution in [3.8, 4) is 157 Å². The zero-order chi connectivity index (χ0) is 74.5. The van der Waals surface area contributed by atoms with Crippen molar-refractivity contribution in [1.29, 1.82) is 0 Å². The van der Waals surface area contributed by atoms with Crippen molar-refractivity contribution in [1.82, 2.24) is 34.9 Å². The molecule has 0 radical (unpaired) electrons. The summed E-state index contributed by atoms with van der Waals surface area (Å²) in [6.07, 6.45) is 0. The lowest BCUT2D eigenvalue weighted by Gasteiger charge is -2.17. The first-order valence-electron chi connectivity index (χ1n) is 37.8. The molecular weight excluding hydrogens is 1360 g/mol. The molecule has 0 atom stereocenters. The van der Waals surface area contributed by atoms with Gasteiger partial charge in [-0.05, 0) is 97.1 Å². The van der Waals surface area contributed by atoms with Crippen LogP contribution in [0.4, 0.5) is 0 Å². The first kappa shape index (κ1) is 67.5. The van der Waals surface area contributed by atoms with E-state index in [2.05, 4.69) is 322 Å². The van der Waals surface area contributed by atoms with Crippen LogP contribution in [0.5, 0.6) is 0 Å². The number of hydrogen-bond acceptors (Lipinski definition) is 7. The van der Waals surface area contributed by atoms with Crippen LogP contribution in [0.15, 0.2) is 419 Å². The van der Waals surface area contributed by atoms with Crippen LogP contribution in [-0.4, -0.2) is 34.9 Å². The number of nitrogens with zero attached hydrogens (tertiary/aromatic N) is 7. The van der Waals surface area contributed by atoms with E-state index in [0.29, 0.717) is 23.3 Å². The standard InChI is InChI=1S/C53H35N3.C52H34N4/c1-4-16-37(17-5-1)43-24-10-11-25-45(43)52-47-28-15-27-44(51(47)46-26-12-13-29-48(46)54-52)42-23-14-22-41(34-42)36-30-32-39(33-31-36)50-35-49(38-18-6-2-7-19-38)55-53(56-50)40-20-8-3-9-21-40;1-4-16-36(17-5-1)42-24-10-11-25-44(42)49-46-28-15-27-43(48(46)45-26-12-13-29-47(45)53-49)41-23-14-22-40(34-41)35-30-32-39(33-31-35)52-55-50(37-18-6-2-7-19-37)54-51(56-52)38-20-8-3-9-21-38/h1-35H;1-34H. The summed E-state index contributed by atoms with van der Waals surface area (Å²) in [5.41, 5.74) is 27.7. The maximum absolute atomic E-state index is 5.33. The third kappa shape index (κ3) is 13.5. The number of hydrogen-bond donors (Lipinski definition) is 0. The van der Waals surface area contributed by atoms with Crippen LogP contribution >= 0.6 is 0 Å². The maximum Gasteiger partial charge on any atom is 0.164 e. The van der Waals surface area contributed by atoms with Gasteiger partial charge < -0.3 is 0 Å². The van der Waals surface area contributed by atoms with E-state index >= 15 is 0 Å². The SMILES string of the molecule is c1ccc(-c2cc(-c3ccc(-c4cccc(-c5cccc6c(-c7ccccc7-c7ccccc7)nc7ccccc7c56)c4)cc3)nc(-c3ccccc3)n2)cc1.c1ccc(-c2nc(-c3ccccc3)nc(-c3ccc(-c4cccc(-c5cccc6c(-c7ccccc7-c7ccccc7)nc7ccccc7c56)c4)cc3)n2)cc1. The molecule has 0 fully saturated rings. The van der Waals surface area contributed by atoms with Crippen molar-refractivity contribution in [3.63, 3.8) is 0 Å². The van der Waals surface area contributed by atoms with Crippen molar-refractivity contribution in [2.45, 2.75) is 0 Å². The largest absolute Gasteiger partial charge is 0.247 e. The second-order valence-corrected chi connectivity index (χ2v) is 27.8. The molecule has 0 saturated heterocycles. The fourth-order valence-corrected chi connectivity index (χ4v) is 15.4. The average molecular weight is 1430 g/mol. The topological polar surface area (TPSA) is 90.2 Å². The monoisotopic (exact) mass is 1430 g/mol. The molecule has 0 bridgehead atoms. The van der Waals surface area contributed by atoms with Gasteiger partial charge in [0.1, 0.15) is 0 Å². The highest BCUT2D eigenvalue weighted by atomic mass is 15.0. The molecule has 20 rings (SSSR count). The third-order valence-electron chi connectivity index (χ3n) is 20.8. The average Bonchev–Trinajstić information content (AvgIpc) is 0.743. The Bertz CT molecular complexity index is 6290. The Morgan fingerprint density at radius 3 is 0.795 bits per heavy atom. The second-order valence-electron chi connectivity index (χ2n) is 27.8. The van der Waals surface area contributed by atoms with Gasteiger partial charge in [-0.2, -0.15) is 0 Å². The van der Waals surface area contributed by atoms with Crippen LogP contribution < -0.4 is 0 Å². The summed E-state index contributed by atoms with van der Waals surface area (Å²) in [6, 6.07) is 146. The van der Waals surface area contributed by atoms with E-state index in [9.17, 15) is 0 Å². The number of aromatic nitrogens is 7. The zero-order valence-electron chi connectivity index (χ0n) is 61.0. The third-order valence-corrected chi connectivity index (χ3v) is 20.8. The molecule has 16 aromatic carbocycles. The van der Waals surface area contributed by atoms with Gasteiger partial charge in [0.25, 0.3) is 0 Å². The molecule has 112 heavy (non-hydrogen) atoms. The van der Waals surface area contributed by atoms with Crippen molar-refractivity contribution < 1.29 is 0 Å². The van der Waals surface area contributed by atoms with E-state index in [0.717, 1.165) is 139 Å². The van der Waals surface area contributed by atoms with Crippen LogP contribution in [-0.2, 0) is 0 Å². The Hall–Kier alpha value is -15.1. The number of para-hydroxylation sites is 2. The maximum atomic E-state index is 5.33. The minimum Gasteiger partial charge on any atom is -0.247 e. The Morgan fingerprint density at radius 1 is 0.134 bits per heavy atom. The molecule has 4 heterocycles. The van der Waals surface area contributed by atoms with Gasteiger partial charge in [-0.25, -0.2) is 34.9 Å². The molecule has 0 aliphatic heterocycles. The highest BCUT2D eigenvalue weighted by Crippen LogP contribution is 2.45. The molecule has 524 valence electrons. The summed E-state index contributed by atoms with van der Waals surface area (Å²) in [5.74, 6) is 2.65. The molecule has 0 aliphatic rings. The molecule has 0 aliphatic carbocycles. The molecule has 20 aromatic rings. The summed E-state index contributed by atoms with van der Waals surface area (Å²) in [7, 11) is 0. The number of fused-ring (bicyclic) bond motifs is 6. The van der Waals surface area contributed by atoms with Crippen LogP contribution in [0.2, 0.25) is 0 Å². The summed E-state index contributed by atoms with van der Waals surface area (Å²) >= 11 is 0. The second kappa shape index (κ2) is 30.3. The Morgan fingerprint density at radius 2 is 0.393 bits per heavy atom. The molecule has 0 unspecified atom stereocenters. The molecule has 0 spiro atoms. The summed E-state index contributed by atoms with van der Waals surface area (Å²) < 4.78 is 0. The van der Waals surface area contributed by atoms with Crippen molar-refractivity contribution in [2.75, 3.05) is 0 Å². The molecule has 7 heteroatoms. The van der Waals surface area contributed by atoms with Crippen molar-refractivity contribution in [3.05, 3.63) is 419 Å². The number of benzene rings is 16. The lowest BCUT2D eigenvalue weighted by atomic mass is 9.90. The van der Waals surface area contributed by atoms with Gasteiger partial charge in [0.2, 0.25) is 0 Å². The van der Waals surface area contributed by atoms with E-state index in [4.69, 9.17) is 34.9 Å². The number of rotatable bonds is 14. The van der Waals surface area contributed by atoms with Gasteiger partial charge in [0.05, 0.1) is 33.8 Å². The van der Waals surface area contributed by atoms with E-state index in [-0.39, 0.29) is 0 Å². The van der Waals surface area contributed by atoms with Crippen LogP contribution in [0.25, 0.3) is 201 Å². The fourth-order valence-electron chi connectivity index (χ4n) is 15.4. The van der Waals surface area contributed by atoms with Gasteiger partial charge in [0.15, 0.2) is 23.3 Å². The predicted octanol–water partition coefficient (Wildman–Crippen LogP) is 27.1. The summed E-state index contributed by atoms with van der Waals surface area (Å²) in [5, 5.41) is 6.94. The van der Waals surface area contributed by atoms with Crippen molar-refractivity contribution in [2.24, 2.45) is 0 Å². The lowest BCUT2D eigenvalue weighted by molar-refractivity contribution is 1.07. The molecule has 4 aromatic heterocycles. The minimum atomic E-state index is 0.638. The van der Waals surface area contributed by atoms with Gasteiger partial charge in [0, 0.05) is 76.8 Å². The van der Waals surface area contributed by atoms with Gasteiger partial charge >= 0.3 is 0 Å². The van der Waals surface area contributed by atoms with Gasteiger partial charge in [-0.1, -0.05) is 388 Å². The summed E-state index contributed by atoms with van der Waals surface area (Å²) in [6.45, 7) is 0. The molecule has 0 N–H and O–H groups in total. The minimum absolute atomic E-state index is 0.638. The smallest absolute Gasteiger partial charge is 0.164 e. The Labute approximate surface area is 650 Å². The van der Waals surface area contributed by atoms with E-state index in [1.165, 1.54) is 38.6 Å². The Kier molecular flexibility index (Phi) is 18.3. The molecule has 0 saturated carbocycles. The highest BCUT2D eigenvalue weighted by molar-refractivity contribution is 6.19. The fraction of sp³-hybridized carbons (Fsp3) is 0. The van der Waals surface area contributed by atoms with Crippen LogP contribution in [0.1, 0.15) is 0 Å². The zero-order valence-corrected chi connectivity index (χ0v) is 61.0. The quantitative estimate of drug-likeness (QED) is 0.100. The van der Waals surface area contributed by atoms with E-state index in [1.807, 2.05) is 97.1 Å². The van der Waals surface area contributed by atoms with Gasteiger partial charge in [-0.15, -0.1) is 0 Å². The predicted molar refractivity (Wildman–Crippen MR) is 464 cm³/mol. The van der Waals surface area contributed by atoms with Gasteiger partial charge in [-0.3, -0.25) is 0 Å². The molecule has 7 nitrogen and oxygen atoms in total. The first-order valence-corrected chi connectivity index (χ1v) is 37.8. The summed E-state index contributed by atoms with van der Waals surface area (Å²) in [4.78, 5) is 35.4. The first-order chi connectivity index (χ1) is 55.5. The van der Waals surface area contributed by atoms with Crippen LogP contribution in [0, 0.1) is 0 Å². The normalized spacial score (nSPS) is 11.2. The lowest BCUT2D eigenvalue weighted by Crippen LogP contribution is -2.00. The number of pyridine rings is 2. The molecule has 0 amide bonds. The van der Waals surface area contributed by atoms with E-state index < -0.39 is 0 Å². The Balaban J connectivity index is 0.000000151. The van der Waals surface area contributed by atoms with Crippen molar-refractivity contribution >= 4 is 43.4 Å². The van der Waals surface area contributed by atoms with Crippen LogP contribution in [0.3, 0.4) is 0 Å².